The van der Waals surface area contributed by atoms with Crippen molar-refractivity contribution < 1.29 is 19.0 Å². The number of esters is 1. The van der Waals surface area contributed by atoms with E-state index in [0.717, 1.165) is 87.6 Å². The van der Waals surface area contributed by atoms with Crippen LogP contribution in [0.3, 0.4) is 0 Å². The smallest absolute Gasteiger partial charge is 0.337 e. The monoisotopic (exact) mass is 569 g/mol. The van der Waals surface area contributed by atoms with Gasteiger partial charge < -0.3 is 18.8 Å². The van der Waals surface area contributed by atoms with E-state index in [1.165, 1.54) is 36.8 Å². The minimum Gasteiger partial charge on any atom is -0.472 e. The average Bonchev–Trinajstić information content (AvgIpc) is 3.55. The van der Waals surface area contributed by atoms with Crippen LogP contribution in [0.15, 0.2) is 48.5 Å². The Morgan fingerprint density at radius 1 is 1.05 bits per heavy atom. The van der Waals surface area contributed by atoms with Gasteiger partial charge in [0.15, 0.2) is 0 Å². The van der Waals surface area contributed by atoms with Crippen molar-refractivity contribution in [2.75, 3.05) is 26.8 Å². The fourth-order valence-corrected chi connectivity index (χ4v) is 6.63. The summed E-state index contributed by atoms with van der Waals surface area (Å²) in [7, 11) is 1.42. The molecule has 0 radical (unpaired) electrons. The molecule has 2 aromatic heterocycles. The van der Waals surface area contributed by atoms with E-state index in [1.807, 2.05) is 18.2 Å². The fourth-order valence-electron chi connectivity index (χ4n) is 6.63. The van der Waals surface area contributed by atoms with Gasteiger partial charge in [0.1, 0.15) is 12.4 Å². The van der Waals surface area contributed by atoms with Gasteiger partial charge in [0, 0.05) is 31.0 Å². The van der Waals surface area contributed by atoms with Gasteiger partial charge in [0.2, 0.25) is 5.88 Å². The lowest BCUT2D eigenvalue weighted by atomic mass is 9.96. The van der Waals surface area contributed by atoms with E-state index in [9.17, 15) is 4.79 Å². The number of methoxy groups -OCH3 is 1. The van der Waals surface area contributed by atoms with Crippen molar-refractivity contribution in [1.82, 2.24) is 24.2 Å². The van der Waals surface area contributed by atoms with Crippen molar-refractivity contribution in [2.45, 2.75) is 76.8 Å². The van der Waals surface area contributed by atoms with Crippen LogP contribution >= 0.6 is 0 Å². The summed E-state index contributed by atoms with van der Waals surface area (Å²) in [5.74, 6) is 1.52. The zero-order chi connectivity index (χ0) is 28.5. The SMILES string of the molecule is COC(=O)c1ccc2nc(CN3CCC(n4nc(OCc5ccccc5)c5c4CCCC5)CC3)n(CC3CCO3)c2c1. The molecule has 2 aromatic carbocycles. The highest BCUT2D eigenvalue weighted by Gasteiger charge is 2.30. The number of hydrogen-bond acceptors (Lipinski definition) is 7. The highest BCUT2D eigenvalue weighted by atomic mass is 16.5. The molecule has 220 valence electrons. The molecule has 9 nitrogen and oxygen atoms in total. The Morgan fingerprint density at radius 3 is 2.62 bits per heavy atom. The topological polar surface area (TPSA) is 83.6 Å². The molecule has 0 N–H and O–H groups in total. The van der Waals surface area contributed by atoms with E-state index in [-0.39, 0.29) is 12.1 Å². The number of hydrogen-bond donors (Lipinski definition) is 0. The van der Waals surface area contributed by atoms with Gasteiger partial charge in [-0.05, 0) is 68.7 Å². The molecule has 4 heterocycles. The highest BCUT2D eigenvalue weighted by molar-refractivity contribution is 5.93. The van der Waals surface area contributed by atoms with Crippen LogP contribution in [-0.4, -0.2) is 63.1 Å². The molecule has 0 saturated carbocycles. The van der Waals surface area contributed by atoms with E-state index in [1.54, 1.807) is 6.07 Å². The lowest BCUT2D eigenvalue weighted by molar-refractivity contribution is -0.0592. The molecule has 42 heavy (non-hydrogen) atoms. The third kappa shape index (κ3) is 5.43. The van der Waals surface area contributed by atoms with Gasteiger partial charge >= 0.3 is 5.97 Å². The summed E-state index contributed by atoms with van der Waals surface area (Å²) in [6.45, 7) is 4.84. The molecule has 1 unspecified atom stereocenters. The molecule has 2 saturated heterocycles. The first-order valence-electron chi connectivity index (χ1n) is 15.3. The van der Waals surface area contributed by atoms with Crippen molar-refractivity contribution in [3.8, 4) is 5.88 Å². The van der Waals surface area contributed by atoms with Gasteiger partial charge in [-0.3, -0.25) is 9.58 Å². The molecule has 4 aromatic rings. The summed E-state index contributed by atoms with van der Waals surface area (Å²) in [6, 6.07) is 16.3. The number of rotatable bonds is 9. The van der Waals surface area contributed by atoms with Crippen LogP contribution in [0.25, 0.3) is 11.0 Å². The quantitative estimate of drug-likeness (QED) is 0.259. The predicted octanol–water partition coefficient (Wildman–Crippen LogP) is 5.10. The normalized spacial score (nSPS) is 19.4. The second kappa shape index (κ2) is 11.9. The van der Waals surface area contributed by atoms with E-state index in [2.05, 4.69) is 38.4 Å². The van der Waals surface area contributed by atoms with Gasteiger partial charge in [0.25, 0.3) is 0 Å². The third-order valence-electron chi connectivity index (χ3n) is 9.09. The number of piperidine rings is 1. The van der Waals surface area contributed by atoms with E-state index >= 15 is 0 Å². The number of aromatic nitrogens is 4. The van der Waals surface area contributed by atoms with Gasteiger partial charge in [-0.1, -0.05) is 30.3 Å². The minimum atomic E-state index is -0.331. The summed E-state index contributed by atoms with van der Waals surface area (Å²) >= 11 is 0. The van der Waals surface area contributed by atoms with Crippen molar-refractivity contribution >= 4 is 17.0 Å². The molecule has 2 aliphatic heterocycles. The molecule has 9 heteroatoms. The zero-order valence-electron chi connectivity index (χ0n) is 24.3. The average molecular weight is 570 g/mol. The maximum atomic E-state index is 12.2. The van der Waals surface area contributed by atoms with Gasteiger partial charge in [-0.15, -0.1) is 5.10 Å². The Balaban J connectivity index is 1.06. The zero-order valence-corrected chi connectivity index (χ0v) is 24.3. The Labute approximate surface area is 246 Å². The summed E-state index contributed by atoms with van der Waals surface area (Å²) in [6.07, 6.45) is 7.88. The van der Waals surface area contributed by atoms with Gasteiger partial charge in [0.05, 0.1) is 48.9 Å². The van der Waals surface area contributed by atoms with Crippen molar-refractivity contribution in [3.63, 3.8) is 0 Å². The highest BCUT2D eigenvalue weighted by Crippen LogP contribution is 2.35. The Bertz CT molecular complexity index is 1550. The van der Waals surface area contributed by atoms with Crippen LogP contribution < -0.4 is 4.74 Å². The number of nitrogens with zero attached hydrogens (tertiary/aromatic N) is 5. The lowest BCUT2D eigenvalue weighted by Crippen LogP contribution is -2.36. The fraction of sp³-hybridized carbons (Fsp3) is 0.485. The van der Waals surface area contributed by atoms with Gasteiger partial charge in [-0.25, -0.2) is 9.78 Å². The van der Waals surface area contributed by atoms with E-state index in [0.29, 0.717) is 18.2 Å². The maximum Gasteiger partial charge on any atom is 0.337 e. The molecular weight excluding hydrogens is 530 g/mol. The van der Waals surface area contributed by atoms with E-state index in [4.69, 9.17) is 24.3 Å². The number of benzene rings is 2. The van der Waals surface area contributed by atoms with Crippen LogP contribution in [0.2, 0.25) is 0 Å². The van der Waals surface area contributed by atoms with Gasteiger partial charge in [-0.2, -0.15) is 0 Å². The van der Waals surface area contributed by atoms with Crippen molar-refractivity contribution in [1.29, 1.82) is 0 Å². The predicted molar refractivity (Wildman–Crippen MR) is 159 cm³/mol. The summed E-state index contributed by atoms with van der Waals surface area (Å²) in [5, 5.41) is 5.07. The largest absolute Gasteiger partial charge is 0.472 e. The maximum absolute atomic E-state index is 12.2. The Morgan fingerprint density at radius 2 is 1.86 bits per heavy atom. The molecule has 0 bridgehead atoms. The Hall–Kier alpha value is -3.69. The molecule has 1 aliphatic carbocycles. The summed E-state index contributed by atoms with van der Waals surface area (Å²) in [4.78, 5) is 19.7. The molecule has 0 spiro atoms. The first-order chi connectivity index (χ1) is 20.7. The van der Waals surface area contributed by atoms with Crippen LogP contribution in [0.4, 0.5) is 0 Å². The second-order valence-electron chi connectivity index (χ2n) is 11.8. The molecular formula is C33H39N5O4. The number of fused-ring (bicyclic) bond motifs is 2. The summed E-state index contributed by atoms with van der Waals surface area (Å²) in [5.41, 5.74) is 6.27. The van der Waals surface area contributed by atoms with Crippen LogP contribution in [0.5, 0.6) is 5.88 Å². The van der Waals surface area contributed by atoms with Crippen molar-refractivity contribution in [3.05, 3.63) is 76.7 Å². The van der Waals surface area contributed by atoms with Crippen LogP contribution in [-0.2, 0) is 42.0 Å². The molecule has 3 aliphatic rings. The van der Waals surface area contributed by atoms with E-state index < -0.39 is 0 Å². The number of imidazole rings is 1. The lowest BCUT2D eigenvalue weighted by Gasteiger charge is -2.33. The Kier molecular flexibility index (Phi) is 7.69. The number of carbonyl (C=O) groups is 1. The number of carbonyl (C=O) groups excluding carboxylic acids is 1. The first kappa shape index (κ1) is 27.2. The molecule has 7 rings (SSSR count). The summed E-state index contributed by atoms with van der Waals surface area (Å²) < 4.78 is 21.6. The van der Waals surface area contributed by atoms with Crippen LogP contribution in [0, 0.1) is 0 Å². The third-order valence-corrected chi connectivity index (χ3v) is 9.09. The standard InChI is InChI=1S/C33H39N5O4/c1-40-33(39)24-11-12-28-30(19-24)37(20-26-15-18-41-26)31(34-28)21-36-16-13-25(14-17-36)38-29-10-6-5-9-27(29)32(35-38)42-22-23-7-3-2-4-8-23/h2-4,7-8,11-12,19,25-26H,5-6,9-10,13-18,20-22H2,1H3. The van der Waals surface area contributed by atoms with Crippen molar-refractivity contribution in [2.24, 2.45) is 0 Å². The first-order valence-corrected chi connectivity index (χ1v) is 15.3. The molecule has 0 amide bonds. The molecule has 1 atom stereocenters. The van der Waals surface area contributed by atoms with Crippen LogP contribution in [0.1, 0.15) is 71.1 Å². The molecule has 2 fully saturated rings. The number of ether oxygens (including phenoxy) is 3. The second-order valence-corrected chi connectivity index (χ2v) is 11.8. The minimum absolute atomic E-state index is 0.193. The number of likely N-dealkylation sites (tertiary alicyclic amines) is 1.